The number of halogens is 1. The van der Waals surface area contributed by atoms with Crippen LogP contribution < -0.4 is 5.32 Å². The van der Waals surface area contributed by atoms with E-state index in [1.165, 1.54) is 25.1 Å². The summed E-state index contributed by atoms with van der Waals surface area (Å²) in [5.41, 5.74) is 2.03. The molecule has 8 heteroatoms. The van der Waals surface area contributed by atoms with E-state index in [2.05, 4.69) is 10.3 Å². The van der Waals surface area contributed by atoms with Gasteiger partial charge in [0.15, 0.2) is 11.3 Å². The molecule has 0 spiro atoms. The van der Waals surface area contributed by atoms with Crippen LogP contribution in [-0.4, -0.2) is 27.4 Å². The Hall–Kier alpha value is -3.63. The zero-order chi connectivity index (χ0) is 20.1. The maximum atomic E-state index is 12.2. The lowest BCUT2D eigenvalue weighted by Gasteiger charge is -2.12. The number of esters is 1. The number of anilines is 1. The van der Waals surface area contributed by atoms with Gasteiger partial charge in [-0.3, -0.25) is 9.20 Å². The van der Waals surface area contributed by atoms with Crippen LogP contribution >= 0.6 is 11.6 Å². The lowest BCUT2D eigenvalue weighted by Crippen LogP contribution is -2.29. The van der Waals surface area contributed by atoms with E-state index in [0.717, 1.165) is 0 Å². The SMILES string of the molecule is C[C@H](OC(=O)/C=C/c1c(Cl)nc2ccccn12)C(=O)Nc1cccc(C#N)c1. The number of aromatic nitrogens is 2. The summed E-state index contributed by atoms with van der Waals surface area (Å²) in [6, 6.07) is 13.8. The zero-order valence-corrected chi connectivity index (χ0v) is 15.6. The van der Waals surface area contributed by atoms with Crippen molar-refractivity contribution in [3.05, 3.63) is 71.1 Å². The van der Waals surface area contributed by atoms with Gasteiger partial charge in [0.25, 0.3) is 5.91 Å². The fourth-order valence-corrected chi connectivity index (χ4v) is 2.70. The largest absolute Gasteiger partial charge is 0.449 e. The summed E-state index contributed by atoms with van der Waals surface area (Å²) >= 11 is 6.10. The molecule has 1 atom stereocenters. The van der Waals surface area contributed by atoms with Gasteiger partial charge in [0.05, 0.1) is 17.3 Å². The molecule has 3 rings (SSSR count). The third kappa shape index (κ3) is 4.37. The Labute approximate surface area is 165 Å². The number of rotatable bonds is 5. The predicted octanol–water partition coefficient (Wildman–Crippen LogP) is 3.44. The van der Waals surface area contributed by atoms with Gasteiger partial charge in [0.1, 0.15) is 5.65 Å². The standard InChI is InChI=1S/C20H15ClN4O3/c1-13(20(27)23-15-6-4-5-14(11-15)12-22)28-18(26)9-8-16-19(21)24-17-7-2-3-10-25(16)17/h2-11,13H,1H3,(H,23,27)/b9-8+/t13-/m0/s1. The van der Waals surface area contributed by atoms with Crippen LogP contribution in [0.2, 0.25) is 5.15 Å². The van der Waals surface area contributed by atoms with Crippen molar-refractivity contribution in [2.24, 2.45) is 0 Å². The molecule has 1 aromatic carbocycles. The first-order valence-electron chi connectivity index (χ1n) is 8.30. The Morgan fingerprint density at radius 2 is 2.14 bits per heavy atom. The van der Waals surface area contributed by atoms with Crippen molar-refractivity contribution < 1.29 is 14.3 Å². The van der Waals surface area contributed by atoms with Gasteiger partial charge in [-0.05, 0) is 43.3 Å². The summed E-state index contributed by atoms with van der Waals surface area (Å²) in [6.45, 7) is 1.45. The molecule has 0 bridgehead atoms. The zero-order valence-electron chi connectivity index (χ0n) is 14.8. The number of nitrogens with one attached hydrogen (secondary N) is 1. The maximum absolute atomic E-state index is 12.2. The monoisotopic (exact) mass is 394 g/mol. The Morgan fingerprint density at radius 1 is 1.32 bits per heavy atom. The number of nitrogens with zero attached hydrogens (tertiary/aromatic N) is 3. The van der Waals surface area contributed by atoms with E-state index in [1.54, 1.807) is 34.9 Å². The molecule has 2 aromatic heterocycles. The van der Waals surface area contributed by atoms with Crippen LogP contribution in [0.5, 0.6) is 0 Å². The number of benzene rings is 1. The van der Waals surface area contributed by atoms with Crippen LogP contribution in [0.25, 0.3) is 11.7 Å². The fraction of sp³-hybridized carbons (Fsp3) is 0.100. The molecule has 0 aliphatic carbocycles. The van der Waals surface area contributed by atoms with Crippen molar-refractivity contribution in [3.8, 4) is 6.07 Å². The number of ether oxygens (including phenoxy) is 1. The molecule has 2 heterocycles. The molecular weight excluding hydrogens is 380 g/mol. The average molecular weight is 395 g/mol. The normalized spacial score (nSPS) is 11.9. The van der Waals surface area contributed by atoms with Crippen molar-refractivity contribution in [1.29, 1.82) is 5.26 Å². The number of fused-ring (bicyclic) bond motifs is 1. The second kappa shape index (κ2) is 8.37. The molecule has 0 unspecified atom stereocenters. The summed E-state index contributed by atoms with van der Waals surface area (Å²) in [5.74, 6) is -1.21. The second-order valence-electron chi connectivity index (χ2n) is 5.81. The smallest absolute Gasteiger partial charge is 0.331 e. The number of carbonyl (C=O) groups excluding carboxylic acids is 2. The van der Waals surface area contributed by atoms with Gasteiger partial charge in [-0.2, -0.15) is 5.26 Å². The van der Waals surface area contributed by atoms with E-state index in [9.17, 15) is 9.59 Å². The molecule has 1 amide bonds. The van der Waals surface area contributed by atoms with Gasteiger partial charge < -0.3 is 10.1 Å². The van der Waals surface area contributed by atoms with Crippen molar-refractivity contribution in [2.45, 2.75) is 13.0 Å². The lowest BCUT2D eigenvalue weighted by atomic mass is 10.2. The minimum atomic E-state index is -1.03. The topological polar surface area (TPSA) is 96.5 Å². The Bertz CT molecular complexity index is 1110. The Morgan fingerprint density at radius 3 is 2.93 bits per heavy atom. The highest BCUT2D eigenvalue weighted by atomic mass is 35.5. The quantitative estimate of drug-likeness (QED) is 0.528. The minimum absolute atomic E-state index is 0.249. The van der Waals surface area contributed by atoms with Gasteiger partial charge in [-0.25, -0.2) is 9.78 Å². The van der Waals surface area contributed by atoms with E-state index in [4.69, 9.17) is 21.6 Å². The van der Waals surface area contributed by atoms with Crippen LogP contribution in [-0.2, 0) is 14.3 Å². The Kier molecular flexibility index (Phi) is 5.72. The third-order valence-electron chi connectivity index (χ3n) is 3.82. The van der Waals surface area contributed by atoms with Crippen LogP contribution in [0.3, 0.4) is 0 Å². The van der Waals surface area contributed by atoms with Crippen LogP contribution in [0.15, 0.2) is 54.7 Å². The number of hydrogen-bond acceptors (Lipinski definition) is 5. The van der Waals surface area contributed by atoms with Gasteiger partial charge in [0.2, 0.25) is 0 Å². The predicted molar refractivity (Wildman–Crippen MR) is 105 cm³/mol. The van der Waals surface area contributed by atoms with E-state index in [-0.39, 0.29) is 5.15 Å². The molecular formula is C20H15ClN4O3. The van der Waals surface area contributed by atoms with Crippen molar-refractivity contribution in [3.63, 3.8) is 0 Å². The van der Waals surface area contributed by atoms with E-state index in [0.29, 0.717) is 22.6 Å². The molecule has 0 saturated carbocycles. The molecule has 0 aliphatic rings. The van der Waals surface area contributed by atoms with Gasteiger partial charge in [0, 0.05) is 18.0 Å². The van der Waals surface area contributed by atoms with E-state index in [1.807, 2.05) is 18.2 Å². The van der Waals surface area contributed by atoms with Gasteiger partial charge in [-0.15, -0.1) is 0 Å². The van der Waals surface area contributed by atoms with Crippen LogP contribution in [0.1, 0.15) is 18.2 Å². The molecule has 1 N–H and O–H groups in total. The molecule has 7 nitrogen and oxygen atoms in total. The highest BCUT2D eigenvalue weighted by Gasteiger charge is 2.17. The lowest BCUT2D eigenvalue weighted by molar-refractivity contribution is -0.148. The van der Waals surface area contributed by atoms with Crippen LogP contribution in [0, 0.1) is 11.3 Å². The average Bonchev–Trinajstić information content (AvgIpc) is 3.01. The summed E-state index contributed by atoms with van der Waals surface area (Å²) in [5, 5.41) is 11.7. The van der Waals surface area contributed by atoms with Crippen LogP contribution in [0.4, 0.5) is 5.69 Å². The molecule has 0 fully saturated rings. The molecule has 3 aromatic rings. The summed E-state index contributed by atoms with van der Waals surface area (Å²) < 4.78 is 6.84. The summed E-state index contributed by atoms with van der Waals surface area (Å²) in [6.07, 6.45) is 3.40. The number of pyridine rings is 1. The molecule has 28 heavy (non-hydrogen) atoms. The Balaban J connectivity index is 1.63. The van der Waals surface area contributed by atoms with Crippen molar-refractivity contribution in [2.75, 3.05) is 5.32 Å². The van der Waals surface area contributed by atoms with Gasteiger partial charge in [-0.1, -0.05) is 23.7 Å². The van der Waals surface area contributed by atoms with Crippen molar-refractivity contribution in [1.82, 2.24) is 9.38 Å². The highest BCUT2D eigenvalue weighted by Crippen LogP contribution is 2.19. The van der Waals surface area contributed by atoms with Crippen molar-refractivity contribution >= 4 is 40.9 Å². The number of imidazole rings is 1. The first-order valence-corrected chi connectivity index (χ1v) is 8.68. The fourth-order valence-electron chi connectivity index (χ4n) is 2.46. The third-order valence-corrected chi connectivity index (χ3v) is 4.10. The second-order valence-corrected chi connectivity index (χ2v) is 6.17. The molecule has 0 aliphatic heterocycles. The highest BCUT2D eigenvalue weighted by molar-refractivity contribution is 6.31. The number of hydrogen-bond donors (Lipinski definition) is 1. The number of amides is 1. The molecule has 140 valence electrons. The minimum Gasteiger partial charge on any atom is -0.449 e. The molecule has 0 saturated heterocycles. The maximum Gasteiger partial charge on any atom is 0.331 e. The number of carbonyl (C=O) groups is 2. The van der Waals surface area contributed by atoms with E-state index < -0.39 is 18.0 Å². The molecule has 0 radical (unpaired) electrons. The summed E-state index contributed by atoms with van der Waals surface area (Å²) in [7, 11) is 0. The number of nitriles is 1. The first kappa shape index (κ1) is 19.1. The first-order chi connectivity index (χ1) is 13.5. The summed E-state index contributed by atoms with van der Waals surface area (Å²) in [4.78, 5) is 28.4. The van der Waals surface area contributed by atoms with Gasteiger partial charge >= 0.3 is 5.97 Å². The van der Waals surface area contributed by atoms with E-state index >= 15 is 0 Å².